The quantitative estimate of drug-likeness (QED) is 0.284. The van der Waals surface area contributed by atoms with E-state index >= 15 is 4.39 Å². The van der Waals surface area contributed by atoms with Crippen LogP contribution in [-0.4, -0.2) is 90.7 Å². The number of nitrogens with two attached hydrogens (primary N) is 1. The van der Waals surface area contributed by atoms with E-state index in [-0.39, 0.29) is 24.5 Å². The average molecular weight is 545 g/mol. The van der Waals surface area contributed by atoms with Crippen LogP contribution in [0.5, 0.6) is 0 Å². The molecule has 2 atom stereocenters. The first-order chi connectivity index (χ1) is 18.6. The normalized spacial score (nSPS) is 15.5. The zero-order chi connectivity index (χ0) is 28.1. The lowest BCUT2D eigenvalue weighted by molar-refractivity contribution is -0.164. The smallest absolute Gasteiger partial charge is 0.419 e. The van der Waals surface area contributed by atoms with E-state index in [2.05, 4.69) is 20.4 Å². The van der Waals surface area contributed by atoms with E-state index in [1.807, 2.05) is 0 Å². The topological polar surface area (TPSA) is 190 Å². The highest BCUT2D eigenvalue weighted by Gasteiger charge is 2.36. The van der Waals surface area contributed by atoms with Crippen molar-refractivity contribution in [2.45, 2.75) is 32.8 Å². The SMILES string of the molecule is CC(=O)N(CC1CN(c2ccc(-n3cc(Cn4cncn4)nn3)c(F)c2)C(=O)O1)C(=O)OC(C)OC(=O)CN. The molecule has 2 N–H and O–H groups in total. The number of aromatic nitrogens is 6. The predicted octanol–water partition coefficient (Wildman–Crippen LogP) is 0.204. The van der Waals surface area contributed by atoms with Gasteiger partial charge in [-0.2, -0.15) is 5.10 Å². The number of hydrogen-bond donors (Lipinski definition) is 1. The molecule has 0 bridgehead atoms. The van der Waals surface area contributed by atoms with Crippen LogP contribution in [0.15, 0.2) is 37.1 Å². The van der Waals surface area contributed by atoms with Gasteiger partial charge in [0.05, 0.1) is 38.1 Å². The molecule has 3 aromatic rings. The number of rotatable bonds is 9. The Labute approximate surface area is 220 Å². The molecule has 2 aromatic heterocycles. The van der Waals surface area contributed by atoms with Gasteiger partial charge in [0, 0.05) is 13.8 Å². The van der Waals surface area contributed by atoms with Gasteiger partial charge in [-0.25, -0.2) is 33.2 Å². The van der Waals surface area contributed by atoms with Crippen LogP contribution < -0.4 is 10.6 Å². The number of halogens is 1. The largest absolute Gasteiger partial charge is 0.442 e. The Balaban J connectivity index is 1.40. The summed E-state index contributed by atoms with van der Waals surface area (Å²) in [7, 11) is 0. The maximum absolute atomic E-state index is 15.0. The Morgan fingerprint density at radius 3 is 2.77 bits per heavy atom. The lowest BCUT2D eigenvalue weighted by atomic mass is 10.2. The number of cyclic esters (lactones) is 1. The van der Waals surface area contributed by atoms with E-state index in [0.717, 1.165) is 17.9 Å². The molecular formula is C22H24FN9O7. The molecule has 0 radical (unpaired) electrons. The van der Waals surface area contributed by atoms with Crippen molar-refractivity contribution in [2.75, 3.05) is 24.5 Å². The van der Waals surface area contributed by atoms with Crippen LogP contribution >= 0.6 is 0 Å². The maximum Gasteiger partial charge on any atom is 0.419 e. The first-order valence-corrected chi connectivity index (χ1v) is 11.5. The molecular weight excluding hydrogens is 521 g/mol. The molecule has 1 fully saturated rings. The molecule has 0 aliphatic carbocycles. The first-order valence-electron chi connectivity index (χ1n) is 11.5. The number of benzene rings is 1. The monoisotopic (exact) mass is 545 g/mol. The minimum Gasteiger partial charge on any atom is -0.442 e. The van der Waals surface area contributed by atoms with Crippen LogP contribution in [0.3, 0.4) is 0 Å². The summed E-state index contributed by atoms with van der Waals surface area (Å²) < 4.78 is 32.8. The zero-order valence-corrected chi connectivity index (χ0v) is 20.8. The summed E-state index contributed by atoms with van der Waals surface area (Å²) in [5.74, 6) is -2.19. The first kappa shape index (κ1) is 27.1. The van der Waals surface area contributed by atoms with E-state index in [1.165, 1.54) is 47.3 Å². The third-order valence-electron chi connectivity index (χ3n) is 5.41. The fraction of sp³-hybridized carbons (Fsp3) is 0.364. The second-order valence-electron chi connectivity index (χ2n) is 8.27. The molecule has 0 spiro atoms. The van der Waals surface area contributed by atoms with Crippen molar-refractivity contribution in [1.29, 1.82) is 0 Å². The highest BCUT2D eigenvalue weighted by Crippen LogP contribution is 2.26. The van der Waals surface area contributed by atoms with Crippen molar-refractivity contribution in [3.05, 3.63) is 48.6 Å². The van der Waals surface area contributed by atoms with E-state index in [0.29, 0.717) is 17.1 Å². The molecule has 2 unspecified atom stereocenters. The number of ether oxygens (including phenoxy) is 3. The van der Waals surface area contributed by atoms with Gasteiger partial charge in [0.15, 0.2) is 5.82 Å². The number of esters is 1. The van der Waals surface area contributed by atoms with Crippen LogP contribution in [0.1, 0.15) is 19.5 Å². The number of nitrogens with zero attached hydrogens (tertiary/aromatic N) is 8. The molecule has 4 rings (SSSR count). The summed E-state index contributed by atoms with van der Waals surface area (Å²) in [6.07, 6.45) is 0.272. The van der Waals surface area contributed by atoms with Crippen LogP contribution in [0.25, 0.3) is 5.69 Å². The highest BCUT2D eigenvalue weighted by atomic mass is 19.1. The zero-order valence-electron chi connectivity index (χ0n) is 20.8. The molecule has 0 saturated carbocycles. The van der Waals surface area contributed by atoms with Gasteiger partial charge in [0.25, 0.3) is 0 Å². The van der Waals surface area contributed by atoms with Crippen LogP contribution in [0, 0.1) is 5.82 Å². The van der Waals surface area contributed by atoms with Gasteiger partial charge in [-0.3, -0.25) is 14.5 Å². The number of hydrogen-bond acceptors (Lipinski definition) is 12. The van der Waals surface area contributed by atoms with Gasteiger partial charge in [-0.15, -0.1) is 5.10 Å². The summed E-state index contributed by atoms with van der Waals surface area (Å²) >= 11 is 0. The molecule has 1 aliphatic heterocycles. The van der Waals surface area contributed by atoms with Crippen molar-refractivity contribution < 1.29 is 37.8 Å². The number of carbonyl (C=O) groups is 4. The van der Waals surface area contributed by atoms with Crippen molar-refractivity contribution >= 4 is 29.8 Å². The van der Waals surface area contributed by atoms with Crippen molar-refractivity contribution in [3.8, 4) is 5.69 Å². The summed E-state index contributed by atoms with van der Waals surface area (Å²) in [6, 6.07) is 4.04. The molecule has 3 amide bonds. The third kappa shape index (κ3) is 6.50. The lowest BCUT2D eigenvalue weighted by Gasteiger charge is -2.23. The van der Waals surface area contributed by atoms with Gasteiger partial charge >= 0.3 is 18.2 Å². The van der Waals surface area contributed by atoms with Gasteiger partial charge in [-0.1, -0.05) is 5.21 Å². The Morgan fingerprint density at radius 1 is 1.31 bits per heavy atom. The van der Waals surface area contributed by atoms with E-state index < -0.39 is 48.8 Å². The van der Waals surface area contributed by atoms with Gasteiger partial charge in [0.1, 0.15) is 30.1 Å². The van der Waals surface area contributed by atoms with Crippen molar-refractivity contribution in [2.24, 2.45) is 5.73 Å². The number of carbonyl (C=O) groups excluding carboxylic acids is 4. The second kappa shape index (κ2) is 11.6. The highest BCUT2D eigenvalue weighted by molar-refractivity contribution is 5.92. The standard InChI is InChI=1S/C22H24FN9O7/c1-13(33)30(21(35)38-14(2)37-20(34)6-24)9-17-10-31(22(36)39-17)16-3-4-19(18(23)5-16)32-8-15(27-28-32)7-29-12-25-11-26-29/h3-5,8,11-12,14,17H,6-7,9-10,24H2,1-2H3. The molecule has 39 heavy (non-hydrogen) atoms. The lowest BCUT2D eigenvalue weighted by Crippen LogP contribution is -2.43. The minimum absolute atomic E-state index is 0.0855. The summed E-state index contributed by atoms with van der Waals surface area (Å²) in [4.78, 5) is 53.9. The Morgan fingerprint density at radius 2 is 2.10 bits per heavy atom. The van der Waals surface area contributed by atoms with Crippen molar-refractivity contribution in [3.63, 3.8) is 0 Å². The molecule has 17 heteroatoms. The molecule has 1 aromatic carbocycles. The van der Waals surface area contributed by atoms with Crippen LogP contribution in [0.2, 0.25) is 0 Å². The Bertz CT molecular complexity index is 1360. The minimum atomic E-state index is -1.30. The van der Waals surface area contributed by atoms with Crippen LogP contribution in [-0.2, 0) is 30.3 Å². The number of amides is 3. The second-order valence-corrected chi connectivity index (χ2v) is 8.27. The molecule has 206 valence electrons. The Kier molecular flexibility index (Phi) is 8.09. The summed E-state index contributed by atoms with van der Waals surface area (Å²) in [5, 5.41) is 11.9. The predicted molar refractivity (Wildman–Crippen MR) is 127 cm³/mol. The van der Waals surface area contributed by atoms with E-state index in [1.54, 1.807) is 0 Å². The van der Waals surface area contributed by atoms with E-state index in [9.17, 15) is 19.2 Å². The molecule has 16 nitrogen and oxygen atoms in total. The van der Waals surface area contributed by atoms with Crippen LogP contribution in [0.4, 0.5) is 19.7 Å². The summed E-state index contributed by atoms with van der Waals surface area (Å²) in [6.45, 7) is 1.83. The summed E-state index contributed by atoms with van der Waals surface area (Å²) in [5.41, 5.74) is 5.95. The van der Waals surface area contributed by atoms with Gasteiger partial charge in [0.2, 0.25) is 12.2 Å². The molecule has 1 aliphatic rings. The molecule has 1 saturated heterocycles. The fourth-order valence-electron chi connectivity index (χ4n) is 3.64. The average Bonchev–Trinajstić information content (AvgIpc) is 3.64. The molecule has 3 heterocycles. The van der Waals surface area contributed by atoms with E-state index in [4.69, 9.17) is 19.9 Å². The third-order valence-corrected chi connectivity index (χ3v) is 5.41. The maximum atomic E-state index is 15.0. The number of anilines is 1. The number of imide groups is 1. The van der Waals surface area contributed by atoms with Crippen molar-refractivity contribution in [1.82, 2.24) is 34.7 Å². The Hall–Kier alpha value is -4.93. The van der Waals surface area contributed by atoms with Gasteiger partial charge in [-0.05, 0) is 18.2 Å². The van der Waals surface area contributed by atoms with Gasteiger partial charge < -0.3 is 19.9 Å². The fourth-order valence-corrected chi connectivity index (χ4v) is 3.64.